The third-order valence-corrected chi connectivity index (χ3v) is 6.13. The number of thiophene rings is 1. The molecule has 0 aliphatic carbocycles. The monoisotopic (exact) mass is 374 g/mol. The molecule has 0 bridgehead atoms. The van der Waals surface area contributed by atoms with Gasteiger partial charge >= 0.3 is 0 Å². The van der Waals surface area contributed by atoms with Crippen LogP contribution in [0.4, 0.5) is 5.13 Å². The first-order valence-electron chi connectivity index (χ1n) is 6.59. The van der Waals surface area contributed by atoms with E-state index in [-0.39, 0.29) is 6.61 Å². The molecule has 3 nitrogen and oxygen atoms in total. The number of anilines is 1. The summed E-state index contributed by atoms with van der Waals surface area (Å²) in [4.78, 5) is 9.17. The molecule has 20 heavy (non-hydrogen) atoms. The number of aliphatic hydroxyl groups excluding tert-OH is 1. The minimum atomic E-state index is 0.0791. The summed E-state index contributed by atoms with van der Waals surface area (Å²) in [6.07, 6.45) is 1.04. The number of nitrogens with zero attached hydrogens (tertiary/aromatic N) is 2. The van der Waals surface area contributed by atoms with Crippen molar-refractivity contribution in [1.82, 2.24) is 4.98 Å². The third kappa shape index (κ3) is 3.61. The Morgan fingerprint density at radius 1 is 1.50 bits per heavy atom. The first-order chi connectivity index (χ1) is 9.55. The third-order valence-electron chi connectivity index (χ3n) is 3.28. The Bertz CT molecular complexity index is 567. The van der Waals surface area contributed by atoms with Crippen molar-refractivity contribution in [3.8, 4) is 0 Å². The molecule has 0 aliphatic heterocycles. The van der Waals surface area contributed by atoms with Gasteiger partial charge in [-0.05, 0) is 34.3 Å². The van der Waals surface area contributed by atoms with Crippen LogP contribution in [0.5, 0.6) is 0 Å². The maximum atomic E-state index is 9.50. The van der Waals surface area contributed by atoms with Gasteiger partial charge in [0.1, 0.15) is 0 Å². The molecule has 1 unspecified atom stereocenters. The summed E-state index contributed by atoms with van der Waals surface area (Å²) < 4.78 is 1.13. The molecule has 2 aromatic heterocycles. The van der Waals surface area contributed by atoms with Gasteiger partial charge in [-0.15, -0.1) is 11.3 Å². The van der Waals surface area contributed by atoms with Crippen LogP contribution in [0.2, 0.25) is 0 Å². The number of hydrogen-bond acceptors (Lipinski definition) is 5. The highest BCUT2D eigenvalue weighted by atomic mass is 79.9. The molecule has 2 aromatic rings. The first kappa shape index (κ1) is 15.9. The molecule has 2 heterocycles. The van der Waals surface area contributed by atoms with Crippen LogP contribution in [0.1, 0.15) is 41.6 Å². The lowest BCUT2D eigenvalue weighted by atomic mass is 10.0. The van der Waals surface area contributed by atoms with E-state index in [0.29, 0.717) is 5.92 Å². The minimum absolute atomic E-state index is 0.0791. The van der Waals surface area contributed by atoms with E-state index in [1.807, 2.05) is 7.05 Å². The van der Waals surface area contributed by atoms with Gasteiger partial charge in [0.2, 0.25) is 0 Å². The second-order valence-corrected chi connectivity index (χ2v) is 7.83. The highest BCUT2D eigenvalue weighted by molar-refractivity contribution is 9.10. The normalized spacial score (nSPS) is 12.7. The Kier molecular flexibility index (Phi) is 5.60. The highest BCUT2D eigenvalue weighted by Crippen LogP contribution is 2.33. The average Bonchev–Trinajstić information content (AvgIpc) is 3.04. The molecule has 0 radical (unpaired) electrons. The lowest BCUT2D eigenvalue weighted by Gasteiger charge is -2.14. The standard InChI is InChI=1S/C14H19BrN2OS2/c1-4-9(2)13-12(7-18)20-14(16-13)17(3)6-11-5-10(15)8-19-11/h5,8-9,18H,4,6-7H2,1-3H3. The van der Waals surface area contributed by atoms with Gasteiger partial charge in [0, 0.05) is 21.8 Å². The van der Waals surface area contributed by atoms with Crippen LogP contribution in [0.3, 0.4) is 0 Å². The fourth-order valence-corrected chi connectivity index (χ4v) is 4.45. The van der Waals surface area contributed by atoms with Gasteiger partial charge in [-0.3, -0.25) is 0 Å². The number of aliphatic hydroxyl groups is 1. The number of rotatable bonds is 6. The van der Waals surface area contributed by atoms with Crippen molar-refractivity contribution in [2.75, 3.05) is 11.9 Å². The second-order valence-electron chi connectivity index (χ2n) is 4.86. The van der Waals surface area contributed by atoms with Gasteiger partial charge in [-0.1, -0.05) is 25.2 Å². The summed E-state index contributed by atoms with van der Waals surface area (Å²) in [7, 11) is 2.05. The summed E-state index contributed by atoms with van der Waals surface area (Å²) in [6, 6.07) is 2.14. The van der Waals surface area contributed by atoms with Gasteiger partial charge < -0.3 is 10.0 Å². The molecule has 1 N–H and O–H groups in total. The summed E-state index contributed by atoms with van der Waals surface area (Å²) >= 11 is 6.81. The minimum Gasteiger partial charge on any atom is -0.391 e. The van der Waals surface area contributed by atoms with E-state index in [1.165, 1.54) is 4.88 Å². The van der Waals surface area contributed by atoms with Crippen LogP contribution < -0.4 is 4.90 Å². The van der Waals surface area contributed by atoms with Gasteiger partial charge in [0.05, 0.1) is 23.7 Å². The predicted molar refractivity (Wildman–Crippen MR) is 90.9 cm³/mol. The summed E-state index contributed by atoms with van der Waals surface area (Å²) in [6.45, 7) is 5.23. The van der Waals surface area contributed by atoms with Crippen molar-refractivity contribution < 1.29 is 5.11 Å². The Morgan fingerprint density at radius 2 is 2.25 bits per heavy atom. The van der Waals surface area contributed by atoms with Crippen molar-refractivity contribution in [3.05, 3.63) is 31.4 Å². The van der Waals surface area contributed by atoms with Crippen LogP contribution in [-0.4, -0.2) is 17.1 Å². The molecule has 0 aliphatic rings. The summed E-state index contributed by atoms with van der Waals surface area (Å²) in [5.41, 5.74) is 1.05. The molecule has 2 rings (SSSR count). The molecule has 1 atom stereocenters. The Balaban J connectivity index is 2.17. The van der Waals surface area contributed by atoms with Gasteiger partial charge in [0.25, 0.3) is 0 Å². The van der Waals surface area contributed by atoms with Crippen molar-refractivity contribution >= 4 is 43.7 Å². The Labute approximate surface area is 136 Å². The van der Waals surface area contributed by atoms with Crippen molar-refractivity contribution in [3.63, 3.8) is 0 Å². The van der Waals surface area contributed by atoms with E-state index in [4.69, 9.17) is 4.98 Å². The van der Waals surface area contributed by atoms with E-state index in [9.17, 15) is 5.11 Å². The lowest BCUT2D eigenvalue weighted by molar-refractivity contribution is 0.283. The van der Waals surface area contributed by atoms with Crippen LogP contribution in [0.15, 0.2) is 15.9 Å². The van der Waals surface area contributed by atoms with E-state index >= 15 is 0 Å². The predicted octanol–water partition coefficient (Wildman–Crippen LogP) is 4.61. The quantitative estimate of drug-likeness (QED) is 0.801. The van der Waals surface area contributed by atoms with Crippen LogP contribution in [0.25, 0.3) is 0 Å². The molecule has 0 amide bonds. The Morgan fingerprint density at radius 3 is 2.80 bits per heavy atom. The SMILES string of the molecule is CCC(C)c1nc(N(C)Cc2cc(Br)cs2)sc1CO. The number of aromatic nitrogens is 1. The number of thiazole rings is 1. The zero-order valence-corrected chi connectivity index (χ0v) is 15.1. The molecule has 110 valence electrons. The van der Waals surface area contributed by atoms with E-state index in [2.05, 4.69) is 46.1 Å². The lowest BCUT2D eigenvalue weighted by Crippen LogP contribution is -2.15. The molecular formula is C14H19BrN2OS2. The number of hydrogen-bond donors (Lipinski definition) is 1. The molecule has 0 spiro atoms. The van der Waals surface area contributed by atoms with E-state index in [1.54, 1.807) is 22.7 Å². The molecule has 0 saturated carbocycles. The average molecular weight is 375 g/mol. The maximum Gasteiger partial charge on any atom is 0.185 e. The first-order valence-corrected chi connectivity index (χ1v) is 9.08. The molecule has 0 aromatic carbocycles. The fraction of sp³-hybridized carbons (Fsp3) is 0.500. The van der Waals surface area contributed by atoms with Crippen molar-refractivity contribution in [2.45, 2.75) is 39.3 Å². The van der Waals surface area contributed by atoms with Gasteiger partial charge in [0.15, 0.2) is 5.13 Å². The zero-order valence-electron chi connectivity index (χ0n) is 11.9. The van der Waals surface area contributed by atoms with Crippen molar-refractivity contribution in [2.24, 2.45) is 0 Å². The van der Waals surface area contributed by atoms with Gasteiger partial charge in [-0.25, -0.2) is 4.98 Å². The van der Waals surface area contributed by atoms with E-state index < -0.39 is 0 Å². The summed E-state index contributed by atoms with van der Waals surface area (Å²) in [5, 5.41) is 12.6. The smallest absolute Gasteiger partial charge is 0.185 e. The number of halogens is 1. The maximum absolute atomic E-state index is 9.50. The molecular weight excluding hydrogens is 356 g/mol. The Hall–Kier alpha value is -0.430. The van der Waals surface area contributed by atoms with Crippen LogP contribution in [-0.2, 0) is 13.2 Å². The van der Waals surface area contributed by atoms with Crippen molar-refractivity contribution in [1.29, 1.82) is 0 Å². The molecule has 0 saturated heterocycles. The largest absolute Gasteiger partial charge is 0.391 e. The van der Waals surface area contributed by atoms with Crippen LogP contribution >= 0.6 is 38.6 Å². The summed E-state index contributed by atoms with van der Waals surface area (Å²) in [5.74, 6) is 0.395. The zero-order chi connectivity index (χ0) is 14.7. The van der Waals surface area contributed by atoms with Gasteiger partial charge in [-0.2, -0.15) is 0 Å². The fourth-order valence-electron chi connectivity index (χ4n) is 1.94. The topological polar surface area (TPSA) is 36.4 Å². The highest BCUT2D eigenvalue weighted by Gasteiger charge is 2.17. The van der Waals surface area contributed by atoms with Crippen LogP contribution in [0, 0.1) is 0 Å². The molecule has 6 heteroatoms. The van der Waals surface area contributed by atoms with E-state index in [0.717, 1.165) is 33.1 Å². The second kappa shape index (κ2) is 7.02. The molecule has 0 fully saturated rings.